The Morgan fingerprint density at radius 1 is 0.950 bits per heavy atom. The van der Waals surface area contributed by atoms with E-state index in [1.807, 2.05) is 54.6 Å². The van der Waals surface area contributed by atoms with Crippen molar-refractivity contribution >= 4 is 12.0 Å². The number of rotatable bonds is 6. The molecule has 0 saturated carbocycles. The van der Waals surface area contributed by atoms with Crippen LogP contribution in [0.5, 0.6) is 5.75 Å². The van der Waals surface area contributed by atoms with Gasteiger partial charge in [0.25, 0.3) is 0 Å². The van der Waals surface area contributed by atoms with Crippen molar-refractivity contribution in [3.05, 3.63) is 72.3 Å². The molecule has 0 aliphatic heterocycles. The molecule has 0 N–H and O–H groups in total. The van der Waals surface area contributed by atoms with Crippen molar-refractivity contribution < 1.29 is 14.3 Å². The number of carbonyl (C=O) groups is 1. The predicted molar refractivity (Wildman–Crippen MR) is 78.4 cm³/mol. The van der Waals surface area contributed by atoms with Crippen LogP contribution in [-0.2, 0) is 9.53 Å². The van der Waals surface area contributed by atoms with Crippen LogP contribution in [0.3, 0.4) is 0 Å². The smallest absolute Gasteiger partial charge is 0.344 e. The largest absolute Gasteiger partial charge is 0.482 e. The summed E-state index contributed by atoms with van der Waals surface area (Å²) in [7, 11) is 0. The zero-order chi connectivity index (χ0) is 14.0. The molecule has 0 atom stereocenters. The van der Waals surface area contributed by atoms with Crippen molar-refractivity contribution in [3.8, 4) is 5.75 Å². The molecule has 2 aromatic carbocycles. The molecule has 0 aliphatic carbocycles. The van der Waals surface area contributed by atoms with Crippen molar-refractivity contribution in [3.63, 3.8) is 0 Å². The van der Waals surface area contributed by atoms with Gasteiger partial charge in [-0.2, -0.15) is 0 Å². The number of benzene rings is 2. The van der Waals surface area contributed by atoms with Gasteiger partial charge in [0.05, 0.1) is 0 Å². The molecule has 0 unspecified atom stereocenters. The van der Waals surface area contributed by atoms with E-state index >= 15 is 0 Å². The van der Waals surface area contributed by atoms with Crippen molar-refractivity contribution in [2.24, 2.45) is 0 Å². The lowest BCUT2D eigenvalue weighted by molar-refractivity contribution is -0.144. The summed E-state index contributed by atoms with van der Waals surface area (Å²) in [5, 5.41) is 0. The number of esters is 1. The fraction of sp³-hybridized carbons (Fsp3) is 0.118. The second kappa shape index (κ2) is 7.79. The predicted octanol–water partition coefficient (Wildman–Crippen LogP) is 3.32. The summed E-state index contributed by atoms with van der Waals surface area (Å²) < 4.78 is 10.3. The monoisotopic (exact) mass is 268 g/mol. The van der Waals surface area contributed by atoms with Gasteiger partial charge < -0.3 is 9.47 Å². The highest BCUT2D eigenvalue weighted by Crippen LogP contribution is 2.07. The van der Waals surface area contributed by atoms with Crippen molar-refractivity contribution in [1.29, 1.82) is 0 Å². The van der Waals surface area contributed by atoms with Crippen LogP contribution in [0.15, 0.2) is 66.7 Å². The molecule has 0 saturated heterocycles. The van der Waals surface area contributed by atoms with Gasteiger partial charge >= 0.3 is 5.97 Å². The van der Waals surface area contributed by atoms with Gasteiger partial charge in [0, 0.05) is 0 Å². The maximum absolute atomic E-state index is 11.4. The molecule has 102 valence electrons. The van der Waals surface area contributed by atoms with Gasteiger partial charge in [-0.1, -0.05) is 54.6 Å². The third kappa shape index (κ3) is 4.98. The maximum Gasteiger partial charge on any atom is 0.344 e. The van der Waals surface area contributed by atoms with Crippen LogP contribution in [0.2, 0.25) is 0 Å². The lowest BCUT2D eigenvalue weighted by Crippen LogP contribution is -2.14. The van der Waals surface area contributed by atoms with Gasteiger partial charge in [0.1, 0.15) is 12.4 Å². The van der Waals surface area contributed by atoms with Gasteiger partial charge in [-0.05, 0) is 23.8 Å². The van der Waals surface area contributed by atoms with E-state index in [2.05, 4.69) is 0 Å². The van der Waals surface area contributed by atoms with Crippen LogP contribution < -0.4 is 4.74 Å². The molecule has 3 nitrogen and oxygen atoms in total. The number of carbonyl (C=O) groups excluding carboxylic acids is 1. The molecule has 2 aromatic rings. The molecule has 0 heterocycles. The quantitative estimate of drug-likeness (QED) is 0.754. The number of para-hydroxylation sites is 1. The van der Waals surface area contributed by atoms with Crippen LogP contribution in [0.4, 0.5) is 0 Å². The molecule has 0 fully saturated rings. The fourth-order valence-electron chi connectivity index (χ4n) is 1.59. The van der Waals surface area contributed by atoms with E-state index < -0.39 is 0 Å². The number of hydrogen-bond donors (Lipinski definition) is 0. The normalized spacial score (nSPS) is 10.4. The van der Waals surface area contributed by atoms with E-state index in [0.717, 1.165) is 5.56 Å². The highest BCUT2D eigenvalue weighted by molar-refractivity contribution is 5.71. The molecule has 0 bridgehead atoms. The van der Waals surface area contributed by atoms with Crippen LogP contribution in [0, 0.1) is 0 Å². The third-order valence-electron chi connectivity index (χ3n) is 2.55. The Hall–Kier alpha value is -2.55. The molecule has 0 aromatic heterocycles. The van der Waals surface area contributed by atoms with Crippen LogP contribution >= 0.6 is 0 Å². The molecule has 2 rings (SSSR count). The number of hydrogen-bond acceptors (Lipinski definition) is 3. The third-order valence-corrected chi connectivity index (χ3v) is 2.55. The Labute approximate surface area is 118 Å². The van der Waals surface area contributed by atoms with Gasteiger partial charge in [0.2, 0.25) is 0 Å². The summed E-state index contributed by atoms with van der Waals surface area (Å²) in [6.07, 6.45) is 3.71. The van der Waals surface area contributed by atoms with Crippen molar-refractivity contribution in [2.45, 2.75) is 0 Å². The SMILES string of the molecule is O=C(COc1ccccc1)OC/C=C/c1ccccc1. The molecule has 0 radical (unpaired) electrons. The van der Waals surface area contributed by atoms with Gasteiger partial charge in [0.15, 0.2) is 6.61 Å². The van der Waals surface area contributed by atoms with Gasteiger partial charge in [-0.3, -0.25) is 0 Å². The first-order valence-corrected chi connectivity index (χ1v) is 6.39. The lowest BCUT2D eigenvalue weighted by Gasteiger charge is -2.05. The second-order valence-electron chi connectivity index (χ2n) is 4.10. The lowest BCUT2D eigenvalue weighted by atomic mass is 10.2. The van der Waals surface area contributed by atoms with E-state index in [1.54, 1.807) is 18.2 Å². The second-order valence-corrected chi connectivity index (χ2v) is 4.10. The average Bonchev–Trinajstić information content (AvgIpc) is 2.52. The molecule has 0 spiro atoms. The average molecular weight is 268 g/mol. The van der Waals surface area contributed by atoms with Crippen LogP contribution in [0.25, 0.3) is 6.08 Å². The fourth-order valence-corrected chi connectivity index (χ4v) is 1.59. The molecular formula is C17H16O3. The standard InChI is InChI=1S/C17H16O3/c18-17(14-20-16-11-5-2-6-12-16)19-13-7-10-15-8-3-1-4-9-15/h1-12H,13-14H2/b10-7+. The zero-order valence-corrected chi connectivity index (χ0v) is 11.1. The molecule has 0 aliphatic rings. The minimum atomic E-state index is -0.383. The Bertz CT molecular complexity index is 547. The summed E-state index contributed by atoms with van der Waals surface area (Å²) in [4.78, 5) is 11.4. The van der Waals surface area contributed by atoms with E-state index in [4.69, 9.17) is 9.47 Å². The Kier molecular flexibility index (Phi) is 5.40. The minimum absolute atomic E-state index is 0.0802. The topological polar surface area (TPSA) is 35.5 Å². The Balaban J connectivity index is 1.67. The van der Waals surface area contributed by atoms with Gasteiger partial charge in [-0.25, -0.2) is 4.79 Å². The van der Waals surface area contributed by atoms with Crippen molar-refractivity contribution in [2.75, 3.05) is 13.2 Å². The Morgan fingerprint density at radius 3 is 2.30 bits per heavy atom. The van der Waals surface area contributed by atoms with Crippen molar-refractivity contribution in [1.82, 2.24) is 0 Å². The van der Waals surface area contributed by atoms with Gasteiger partial charge in [-0.15, -0.1) is 0 Å². The minimum Gasteiger partial charge on any atom is -0.482 e. The highest BCUT2D eigenvalue weighted by atomic mass is 16.6. The molecule has 20 heavy (non-hydrogen) atoms. The molecule has 3 heteroatoms. The zero-order valence-electron chi connectivity index (χ0n) is 11.1. The first-order valence-electron chi connectivity index (χ1n) is 6.39. The van der Waals surface area contributed by atoms with E-state index in [1.165, 1.54) is 0 Å². The summed E-state index contributed by atoms with van der Waals surface area (Å²) in [5.41, 5.74) is 1.07. The summed E-state index contributed by atoms with van der Waals surface area (Å²) in [6.45, 7) is 0.162. The number of ether oxygens (including phenoxy) is 2. The highest BCUT2D eigenvalue weighted by Gasteiger charge is 2.02. The maximum atomic E-state index is 11.4. The summed E-state index contributed by atoms with van der Waals surface area (Å²) in [6, 6.07) is 19.0. The van der Waals surface area contributed by atoms with E-state index in [0.29, 0.717) is 5.75 Å². The first-order chi connectivity index (χ1) is 9.84. The molecule has 0 amide bonds. The molecular weight excluding hydrogens is 252 g/mol. The van der Waals surface area contributed by atoms with Crippen LogP contribution in [0.1, 0.15) is 5.56 Å². The summed E-state index contributed by atoms with van der Waals surface area (Å²) in [5.74, 6) is 0.274. The first kappa shape index (κ1) is 13.9. The summed E-state index contributed by atoms with van der Waals surface area (Å²) >= 11 is 0. The van der Waals surface area contributed by atoms with E-state index in [-0.39, 0.29) is 19.2 Å². The van der Waals surface area contributed by atoms with E-state index in [9.17, 15) is 4.79 Å². The Morgan fingerprint density at radius 2 is 1.60 bits per heavy atom. The van der Waals surface area contributed by atoms with Crippen LogP contribution in [-0.4, -0.2) is 19.2 Å².